The molecule has 0 amide bonds. The summed E-state index contributed by atoms with van der Waals surface area (Å²) in [4.78, 5) is 17.2. The van der Waals surface area contributed by atoms with Crippen molar-refractivity contribution in [1.29, 1.82) is 0 Å². The standard InChI is InChI=1S/C9H8N2O3S/c1-15(13,14)7-2-3-8-6(4-7)5-10-9(12)11-8/h2-5H,1H3,(H,10,11,12). The van der Waals surface area contributed by atoms with E-state index in [4.69, 9.17) is 0 Å². The highest BCUT2D eigenvalue weighted by atomic mass is 32.2. The minimum atomic E-state index is -3.22. The van der Waals surface area contributed by atoms with Crippen molar-refractivity contribution in [2.24, 2.45) is 0 Å². The van der Waals surface area contributed by atoms with Gasteiger partial charge < -0.3 is 4.98 Å². The van der Waals surface area contributed by atoms with E-state index >= 15 is 0 Å². The normalized spacial score (nSPS) is 11.8. The molecule has 2 rings (SSSR count). The lowest BCUT2D eigenvalue weighted by atomic mass is 10.2. The Labute approximate surface area is 85.7 Å². The molecule has 5 nitrogen and oxygen atoms in total. The molecule has 0 saturated heterocycles. The molecule has 1 aromatic heterocycles. The molecule has 15 heavy (non-hydrogen) atoms. The van der Waals surface area contributed by atoms with E-state index in [0.29, 0.717) is 10.9 Å². The molecule has 1 N–H and O–H groups in total. The van der Waals surface area contributed by atoms with Crippen molar-refractivity contribution < 1.29 is 8.42 Å². The molecule has 0 aliphatic rings. The SMILES string of the molecule is CS(=O)(=O)c1ccc2nc(=O)[nH]cc2c1. The Hall–Kier alpha value is -1.69. The second-order valence-corrected chi connectivity index (χ2v) is 5.21. The van der Waals surface area contributed by atoms with Crippen LogP contribution in [-0.4, -0.2) is 24.6 Å². The van der Waals surface area contributed by atoms with Gasteiger partial charge in [-0.1, -0.05) is 0 Å². The lowest BCUT2D eigenvalue weighted by molar-refractivity contribution is 0.602. The molecule has 78 valence electrons. The molecular formula is C9H8N2O3S. The summed E-state index contributed by atoms with van der Waals surface area (Å²) in [5.74, 6) is 0. The summed E-state index contributed by atoms with van der Waals surface area (Å²) in [7, 11) is -3.22. The number of aromatic nitrogens is 2. The lowest BCUT2D eigenvalue weighted by Gasteiger charge is -1.99. The molecule has 0 radical (unpaired) electrons. The molecule has 0 unspecified atom stereocenters. The number of aromatic amines is 1. The van der Waals surface area contributed by atoms with Crippen LogP contribution in [0.4, 0.5) is 0 Å². The third-order valence-electron chi connectivity index (χ3n) is 2.00. The van der Waals surface area contributed by atoms with E-state index in [1.54, 1.807) is 0 Å². The summed E-state index contributed by atoms with van der Waals surface area (Å²) >= 11 is 0. The summed E-state index contributed by atoms with van der Waals surface area (Å²) in [5, 5.41) is 0.595. The van der Waals surface area contributed by atoms with Gasteiger partial charge in [-0.05, 0) is 18.2 Å². The van der Waals surface area contributed by atoms with Gasteiger partial charge in [0.1, 0.15) is 0 Å². The van der Waals surface area contributed by atoms with Gasteiger partial charge in [-0.3, -0.25) is 0 Å². The number of H-pyrrole nitrogens is 1. The minimum Gasteiger partial charge on any atom is -0.312 e. The molecule has 0 atom stereocenters. The molecule has 1 heterocycles. The zero-order valence-electron chi connectivity index (χ0n) is 7.89. The fraction of sp³-hybridized carbons (Fsp3) is 0.111. The van der Waals surface area contributed by atoms with E-state index < -0.39 is 15.5 Å². The van der Waals surface area contributed by atoms with Gasteiger partial charge in [0.05, 0.1) is 10.4 Å². The second-order valence-electron chi connectivity index (χ2n) is 3.20. The fourth-order valence-electron chi connectivity index (χ4n) is 1.26. The van der Waals surface area contributed by atoms with Gasteiger partial charge in [0.2, 0.25) is 0 Å². The van der Waals surface area contributed by atoms with E-state index in [1.165, 1.54) is 24.4 Å². The summed E-state index contributed by atoms with van der Waals surface area (Å²) in [6.07, 6.45) is 2.58. The quantitative estimate of drug-likeness (QED) is 0.756. The molecule has 6 heteroatoms. The van der Waals surface area contributed by atoms with Crippen molar-refractivity contribution in [2.45, 2.75) is 4.90 Å². The maximum Gasteiger partial charge on any atom is 0.345 e. The second kappa shape index (κ2) is 3.16. The molecular weight excluding hydrogens is 216 g/mol. The van der Waals surface area contributed by atoms with Crippen LogP contribution < -0.4 is 5.69 Å². The number of nitrogens with zero attached hydrogens (tertiary/aromatic N) is 1. The molecule has 0 bridgehead atoms. The molecule has 2 aromatic rings. The highest BCUT2D eigenvalue weighted by molar-refractivity contribution is 7.90. The van der Waals surface area contributed by atoms with Crippen LogP contribution in [0.2, 0.25) is 0 Å². The molecule has 1 aromatic carbocycles. The largest absolute Gasteiger partial charge is 0.345 e. The Kier molecular flexibility index (Phi) is 2.08. The Morgan fingerprint density at radius 1 is 1.33 bits per heavy atom. The van der Waals surface area contributed by atoms with Crippen LogP contribution in [0.5, 0.6) is 0 Å². The highest BCUT2D eigenvalue weighted by Gasteiger charge is 2.07. The van der Waals surface area contributed by atoms with Gasteiger partial charge in [0.25, 0.3) is 0 Å². The maximum atomic E-state index is 11.3. The average Bonchev–Trinajstić information content (AvgIpc) is 2.15. The van der Waals surface area contributed by atoms with E-state index in [2.05, 4.69) is 9.97 Å². The summed E-state index contributed by atoms with van der Waals surface area (Å²) in [6.45, 7) is 0. The third kappa shape index (κ3) is 1.89. The number of hydrogen-bond acceptors (Lipinski definition) is 4. The Bertz CT molecular complexity index is 673. The first-order chi connectivity index (χ1) is 6.97. The van der Waals surface area contributed by atoms with E-state index in [0.717, 1.165) is 6.26 Å². The number of nitrogens with one attached hydrogen (secondary N) is 1. The number of benzene rings is 1. The number of fused-ring (bicyclic) bond motifs is 1. The maximum absolute atomic E-state index is 11.3. The van der Waals surface area contributed by atoms with Crippen molar-refractivity contribution in [3.63, 3.8) is 0 Å². The van der Waals surface area contributed by atoms with Gasteiger partial charge in [-0.2, -0.15) is 4.98 Å². The molecule has 0 aliphatic heterocycles. The zero-order valence-corrected chi connectivity index (χ0v) is 8.71. The molecule has 0 spiro atoms. The summed E-state index contributed by atoms with van der Waals surface area (Å²) in [6, 6.07) is 4.43. The first kappa shape index (κ1) is 9.85. The zero-order chi connectivity index (χ0) is 11.1. The van der Waals surface area contributed by atoms with Gasteiger partial charge in [0, 0.05) is 17.8 Å². The van der Waals surface area contributed by atoms with E-state index in [1.807, 2.05) is 0 Å². The van der Waals surface area contributed by atoms with Crippen LogP contribution in [0.15, 0.2) is 34.1 Å². The number of rotatable bonds is 1. The van der Waals surface area contributed by atoms with Crippen molar-refractivity contribution in [2.75, 3.05) is 6.26 Å². The lowest BCUT2D eigenvalue weighted by Crippen LogP contribution is -2.08. The highest BCUT2D eigenvalue weighted by Crippen LogP contribution is 2.15. The molecule has 0 fully saturated rings. The van der Waals surface area contributed by atoms with Crippen LogP contribution in [-0.2, 0) is 9.84 Å². The van der Waals surface area contributed by atoms with Crippen molar-refractivity contribution in [3.8, 4) is 0 Å². The number of sulfone groups is 1. The van der Waals surface area contributed by atoms with E-state index in [9.17, 15) is 13.2 Å². The first-order valence-electron chi connectivity index (χ1n) is 4.16. The topological polar surface area (TPSA) is 79.9 Å². The van der Waals surface area contributed by atoms with Gasteiger partial charge in [0.15, 0.2) is 9.84 Å². The fourth-order valence-corrected chi connectivity index (χ4v) is 1.92. The molecule has 0 saturated carbocycles. The van der Waals surface area contributed by atoms with Crippen LogP contribution in [0.25, 0.3) is 10.9 Å². The van der Waals surface area contributed by atoms with Gasteiger partial charge in [-0.25, -0.2) is 13.2 Å². The van der Waals surface area contributed by atoms with Crippen LogP contribution in [0.1, 0.15) is 0 Å². The monoisotopic (exact) mass is 224 g/mol. The van der Waals surface area contributed by atoms with Gasteiger partial charge in [-0.15, -0.1) is 0 Å². The predicted molar refractivity (Wildman–Crippen MR) is 55.5 cm³/mol. The minimum absolute atomic E-state index is 0.212. The number of hydrogen-bond donors (Lipinski definition) is 1. The van der Waals surface area contributed by atoms with Crippen molar-refractivity contribution in [3.05, 3.63) is 34.9 Å². The van der Waals surface area contributed by atoms with E-state index in [-0.39, 0.29) is 4.90 Å². The van der Waals surface area contributed by atoms with Crippen LogP contribution in [0, 0.1) is 0 Å². The average molecular weight is 224 g/mol. The van der Waals surface area contributed by atoms with Crippen LogP contribution in [0.3, 0.4) is 0 Å². The van der Waals surface area contributed by atoms with Crippen molar-refractivity contribution >= 4 is 20.7 Å². The predicted octanol–water partition coefficient (Wildman–Crippen LogP) is 0.327. The van der Waals surface area contributed by atoms with Crippen molar-refractivity contribution in [1.82, 2.24) is 9.97 Å². The Balaban J connectivity index is 2.78. The summed E-state index contributed by atoms with van der Waals surface area (Å²) < 4.78 is 22.5. The van der Waals surface area contributed by atoms with Gasteiger partial charge >= 0.3 is 5.69 Å². The smallest absolute Gasteiger partial charge is 0.312 e. The van der Waals surface area contributed by atoms with Crippen LogP contribution >= 0.6 is 0 Å². The summed E-state index contributed by atoms with van der Waals surface area (Å²) in [5.41, 5.74) is 0.0285. The Morgan fingerprint density at radius 3 is 2.73 bits per heavy atom. The first-order valence-corrected chi connectivity index (χ1v) is 6.05. The third-order valence-corrected chi connectivity index (χ3v) is 3.11. The Morgan fingerprint density at radius 2 is 2.07 bits per heavy atom. The molecule has 0 aliphatic carbocycles.